The molecular weight excluding hydrogens is 334 g/mol. The normalized spacial score (nSPS) is 24.5. The zero-order valence-corrected chi connectivity index (χ0v) is 13.9. The van der Waals surface area contributed by atoms with Gasteiger partial charge in [-0.3, -0.25) is 10.1 Å². The summed E-state index contributed by atoms with van der Waals surface area (Å²) < 4.78 is 1.17. The van der Waals surface area contributed by atoms with Crippen molar-refractivity contribution < 1.29 is 9.41 Å². The number of nitro benzene ring substituents is 1. The molecule has 0 amide bonds. The number of piperazine rings is 1. The van der Waals surface area contributed by atoms with Crippen LogP contribution in [0.2, 0.25) is 0 Å². The van der Waals surface area contributed by atoms with E-state index in [4.69, 9.17) is 0 Å². The number of alkyl halides is 1. The summed E-state index contributed by atoms with van der Waals surface area (Å²) in [5.41, 5.74) is 1.93. The first-order valence-electron chi connectivity index (χ1n) is 7.52. The lowest BCUT2D eigenvalue weighted by atomic mass is 10.1. The van der Waals surface area contributed by atoms with Crippen molar-refractivity contribution in [2.75, 3.05) is 37.6 Å². The van der Waals surface area contributed by atoms with Crippen LogP contribution in [-0.2, 0) is 0 Å². The summed E-state index contributed by atoms with van der Waals surface area (Å²) in [6.45, 7) is 7.25. The Labute approximate surface area is 133 Å². The molecule has 0 bridgehead atoms. The number of hydrogen-bond acceptors (Lipinski definition) is 3. The van der Waals surface area contributed by atoms with Gasteiger partial charge in [0.1, 0.15) is 4.95 Å². The van der Waals surface area contributed by atoms with Crippen molar-refractivity contribution in [3.05, 3.63) is 33.9 Å². The van der Waals surface area contributed by atoms with Gasteiger partial charge in [0.2, 0.25) is 0 Å². The predicted octanol–water partition coefficient (Wildman–Crippen LogP) is 3.05. The topological polar surface area (TPSA) is 46.4 Å². The third-order valence-corrected chi connectivity index (χ3v) is 6.35. The van der Waals surface area contributed by atoms with Crippen LogP contribution in [0.1, 0.15) is 18.4 Å². The summed E-state index contributed by atoms with van der Waals surface area (Å²) in [6.07, 6.45) is 2.56. The van der Waals surface area contributed by atoms with E-state index in [0.29, 0.717) is 4.95 Å². The van der Waals surface area contributed by atoms with Gasteiger partial charge in [-0.1, -0.05) is 6.07 Å². The van der Waals surface area contributed by atoms with Crippen molar-refractivity contribution in [1.29, 1.82) is 0 Å². The molecule has 0 radical (unpaired) electrons. The monoisotopic (exact) mass is 354 g/mol. The molecule has 0 saturated carbocycles. The van der Waals surface area contributed by atoms with E-state index in [0.717, 1.165) is 37.4 Å². The van der Waals surface area contributed by atoms with Crippen LogP contribution in [0.4, 0.5) is 11.4 Å². The lowest BCUT2D eigenvalue weighted by molar-refractivity contribution is -0.925. The minimum absolute atomic E-state index is 0.224. The Hall–Kier alpha value is -1.14. The van der Waals surface area contributed by atoms with Crippen molar-refractivity contribution >= 4 is 27.3 Å². The van der Waals surface area contributed by atoms with Crippen LogP contribution in [0.3, 0.4) is 0 Å². The van der Waals surface area contributed by atoms with Gasteiger partial charge >= 0.3 is 0 Å². The third-order valence-electron chi connectivity index (χ3n) is 5.03. The fourth-order valence-corrected chi connectivity index (χ4v) is 4.54. The SMILES string of the molecule is Cc1ccc(N2CC[N+]3(CCCC3Br)CC2)cc1[N+](=O)[O-]. The fourth-order valence-electron chi connectivity index (χ4n) is 3.61. The van der Waals surface area contributed by atoms with Crippen molar-refractivity contribution in [3.8, 4) is 0 Å². The lowest BCUT2D eigenvalue weighted by Crippen LogP contribution is -2.60. The zero-order valence-electron chi connectivity index (χ0n) is 12.3. The Kier molecular flexibility index (Phi) is 3.92. The lowest BCUT2D eigenvalue weighted by Gasteiger charge is -2.45. The van der Waals surface area contributed by atoms with Gasteiger partial charge in [-0.15, -0.1) is 0 Å². The summed E-state index contributed by atoms with van der Waals surface area (Å²) in [7, 11) is 0. The highest BCUT2D eigenvalue weighted by molar-refractivity contribution is 9.09. The van der Waals surface area contributed by atoms with E-state index in [1.165, 1.54) is 23.9 Å². The van der Waals surface area contributed by atoms with E-state index >= 15 is 0 Å². The first-order chi connectivity index (χ1) is 10.0. The van der Waals surface area contributed by atoms with Gasteiger partial charge in [0, 0.05) is 30.2 Å². The Morgan fingerprint density at radius 1 is 1.33 bits per heavy atom. The second-order valence-electron chi connectivity index (χ2n) is 6.18. The van der Waals surface area contributed by atoms with E-state index in [2.05, 4.69) is 20.8 Å². The van der Waals surface area contributed by atoms with Crippen LogP contribution in [0.5, 0.6) is 0 Å². The number of hydrogen-bond donors (Lipinski definition) is 0. The van der Waals surface area contributed by atoms with Crippen molar-refractivity contribution in [2.24, 2.45) is 0 Å². The fraction of sp³-hybridized carbons (Fsp3) is 0.600. The number of nitrogens with zero attached hydrogens (tertiary/aromatic N) is 3. The first-order valence-corrected chi connectivity index (χ1v) is 8.43. The molecule has 1 atom stereocenters. The van der Waals surface area contributed by atoms with E-state index in [1.54, 1.807) is 13.0 Å². The quantitative estimate of drug-likeness (QED) is 0.269. The molecule has 1 unspecified atom stereocenters. The molecule has 21 heavy (non-hydrogen) atoms. The molecule has 2 saturated heterocycles. The molecule has 1 spiro atoms. The average Bonchev–Trinajstić information content (AvgIpc) is 2.81. The molecule has 5 nitrogen and oxygen atoms in total. The smallest absolute Gasteiger partial charge is 0.274 e. The summed E-state index contributed by atoms with van der Waals surface area (Å²) in [5.74, 6) is 0. The maximum absolute atomic E-state index is 11.1. The van der Waals surface area contributed by atoms with Gasteiger partial charge in [-0.05, 0) is 28.9 Å². The van der Waals surface area contributed by atoms with E-state index in [1.807, 2.05) is 12.1 Å². The number of aryl methyl sites for hydroxylation is 1. The largest absolute Gasteiger partial charge is 0.360 e. The number of anilines is 1. The van der Waals surface area contributed by atoms with Crippen molar-refractivity contribution in [3.63, 3.8) is 0 Å². The number of rotatable bonds is 2. The van der Waals surface area contributed by atoms with Crippen LogP contribution < -0.4 is 4.90 Å². The van der Waals surface area contributed by atoms with Gasteiger partial charge in [0.05, 0.1) is 37.6 Å². The van der Waals surface area contributed by atoms with E-state index < -0.39 is 0 Å². The highest BCUT2D eigenvalue weighted by Gasteiger charge is 2.42. The minimum Gasteiger partial charge on any atom is -0.360 e. The van der Waals surface area contributed by atoms with Gasteiger partial charge in [-0.2, -0.15) is 0 Å². The summed E-state index contributed by atoms with van der Waals surface area (Å²) in [5, 5.41) is 11.1. The first kappa shape index (κ1) is 14.8. The molecule has 0 aromatic heterocycles. The summed E-state index contributed by atoms with van der Waals surface area (Å²) >= 11 is 3.84. The molecule has 0 aliphatic carbocycles. The number of halogens is 1. The molecule has 6 heteroatoms. The number of quaternary nitrogens is 1. The molecule has 1 aromatic rings. The Morgan fingerprint density at radius 2 is 2.05 bits per heavy atom. The van der Waals surface area contributed by atoms with Crippen LogP contribution in [0, 0.1) is 17.0 Å². The highest BCUT2D eigenvalue weighted by atomic mass is 79.9. The molecule has 3 rings (SSSR count). The molecule has 1 aromatic carbocycles. The standard InChI is InChI=1S/C15H21BrN3O2/c1-12-4-5-13(11-14(12)18(20)21)17-6-9-19(10-7-17)8-2-3-15(19)16/h4-5,11,15H,2-3,6-10H2,1H3/q+1. The molecule has 2 aliphatic heterocycles. The van der Waals surface area contributed by atoms with Crippen LogP contribution in [-0.4, -0.2) is 47.1 Å². The second kappa shape index (κ2) is 5.57. The minimum atomic E-state index is -0.286. The Bertz CT molecular complexity index is 556. The number of benzene rings is 1. The molecule has 114 valence electrons. The maximum Gasteiger partial charge on any atom is 0.274 e. The average molecular weight is 355 g/mol. The molecule has 0 N–H and O–H groups in total. The Morgan fingerprint density at radius 3 is 2.62 bits per heavy atom. The third kappa shape index (κ3) is 2.66. The predicted molar refractivity (Wildman–Crippen MR) is 86.9 cm³/mol. The molecule has 2 heterocycles. The van der Waals surface area contributed by atoms with Crippen LogP contribution >= 0.6 is 15.9 Å². The van der Waals surface area contributed by atoms with Crippen LogP contribution in [0.15, 0.2) is 18.2 Å². The van der Waals surface area contributed by atoms with Gasteiger partial charge < -0.3 is 9.38 Å². The zero-order chi connectivity index (χ0) is 15.0. The second-order valence-corrected chi connectivity index (χ2v) is 7.24. The van der Waals surface area contributed by atoms with Gasteiger partial charge in [0.15, 0.2) is 0 Å². The maximum atomic E-state index is 11.1. The van der Waals surface area contributed by atoms with E-state index in [-0.39, 0.29) is 10.6 Å². The van der Waals surface area contributed by atoms with Gasteiger partial charge in [0.25, 0.3) is 5.69 Å². The molecule has 2 fully saturated rings. The van der Waals surface area contributed by atoms with Crippen molar-refractivity contribution in [2.45, 2.75) is 24.7 Å². The Balaban J connectivity index is 1.75. The van der Waals surface area contributed by atoms with Gasteiger partial charge in [-0.25, -0.2) is 0 Å². The van der Waals surface area contributed by atoms with Crippen molar-refractivity contribution in [1.82, 2.24) is 0 Å². The summed E-state index contributed by atoms with van der Waals surface area (Å²) in [6, 6.07) is 5.59. The molecular formula is C15H21BrN3O2+. The number of nitro groups is 1. The van der Waals surface area contributed by atoms with E-state index in [9.17, 15) is 10.1 Å². The molecule has 2 aliphatic rings. The van der Waals surface area contributed by atoms with Crippen LogP contribution in [0.25, 0.3) is 0 Å². The summed E-state index contributed by atoms with van der Waals surface area (Å²) in [4.78, 5) is 13.7. The highest BCUT2D eigenvalue weighted by Crippen LogP contribution is 2.34.